The molecule has 3 N–H and O–H groups in total. The summed E-state index contributed by atoms with van der Waals surface area (Å²) in [4.78, 5) is 2.16. The Morgan fingerprint density at radius 1 is 1.40 bits per heavy atom. The normalized spacial score (nSPS) is 13.4. The standard InChI is InChI=1S/C13H21N3O2S2/c1-10(16(2)3)8-15-20(17,18)9-11-6-4-5-7-12(11)13(14)19/h4-7,10,15H,8-9H2,1-3H3,(H2,14,19). The predicted octanol–water partition coefficient (Wildman–Crippen LogP) is 0.690. The van der Waals surface area contributed by atoms with Gasteiger partial charge in [-0.05, 0) is 26.6 Å². The van der Waals surface area contributed by atoms with Crippen LogP contribution < -0.4 is 10.5 Å². The van der Waals surface area contributed by atoms with Crippen LogP contribution in [0.4, 0.5) is 0 Å². The minimum Gasteiger partial charge on any atom is -0.389 e. The maximum Gasteiger partial charge on any atom is 0.215 e. The Morgan fingerprint density at radius 2 is 2.00 bits per heavy atom. The summed E-state index contributed by atoms with van der Waals surface area (Å²) in [7, 11) is 0.397. The van der Waals surface area contributed by atoms with Crippen molar-refractivity contribution < 1.29 is 8.42 Å². The van der Waals surface area contributed by atoms with Crippen LogP contribution in [0.25, 0.3) is 0 Å². The second-order valence-electron chi connectivity index (χ2n) is 4.94. The smallest absolute Gasteiger partial charge is 0.215 e. The highest BCUT2D eigenvalue weighted by Gasteiger charge is 2.16. The summed E-state index contributed by atoms with van der Waals surface area (Å²) in [6.07, 6.45) is 0. The Hall–Kier alpha value is -1.02. The molecule has 20 heavy (non-hydrogen) atoms. The zero-order chi connectivity index (χ0) is 15.3. The molecule has 0 aliphatic carbocycles. The van der Waals surface area contributed by atoms with Gasteiger partial charge in [0.15, 0.2) is 0 Å². The lowest BCUT2D eigenvalue weighted by molar-refractivity contribution is 0.314. The Kier molecular flexibility index (Phi) is 6.07. The predicted molar refractivity (Wildman–Crippen MR) is 86.1 cm³/mol. The molecule has 0 fully saturated rings. The van der Waals surface area contributed by atoms with Gasteiger partial charge in [0, 0.05) is 18.2 Å². The summed E-state index contributed by atoms with van der Waals surface area (Å²) in [6, 6.07) is 7.13. The average molecular weight is 315 g/mol. The van der Waals surface area contributed by atoms with Crippen molar-refractivity contribution in [3.8, 4) is 0 Å². The number of hydrogen-bond donors (Lipinski definition) is 2. The largest absolute Gasteiger partial charge is 0.389 e. The highest BCUT2D eigenvalue weighted by Crippen LogP contribution is 2.12. The molecule has 1 unspecified atom stereocenters. The lowest BCUT2D eigenvalue weighted by atomic mass is 10.1. The molecular formula is C13H21N3O2S2. The fraction of sp³-hybridized carbons (Fsp3) is 0.462. The molecule has 5 nitrogen and oxygen atoms in total. The van der Waals surface area contributed by atoms with Crippen LogP contribution in [0.15, 0.2) is 24.3 Å². The molecule has 0 aliphatic rings. The molecule has 1 aromatic carbocycles. The Balaban J connectivity index is 2.79. The van der Waals surface area contributed by atoms with Crippen molar-refractivity contribution in [3.05, 3.63) is 35.4 Å². The van der Waals surface area contributed by atoms with E-state index in [-0.39, 0.29) is 16.8 Å². The number of thiocarbonyl (C=S) groups is 1. The van der Waals surface area contributed by atoms with Crippen molar-refractivity contribution in [1.29, 1.82) is 0 Å². The van der Waals surface area contributed by atoms with Crippen LogP contribution in [-0.4, -0.2) is 45.0 Å². The number of sulfonamides is 1. The van der Waals surface area contributed by atoms with Crippen LogP contribution in [-0.2, 0) is 15.8 Å². The summed E-state index contributed by atoms with van der Waals surface area (Å²) in [6.45, 7) is 2.32. The van der Waals surface area contributed by atoms with E-state index in [1.165, 1.54) is 0 Å². The first-order valence-corrected chi connectivity index (χ1v) is 8.30. The van der Waals surface area contributed by atoms with Gasteiger partial charge in [0.25, 0.3) is 0 Å². The minimum absolute atomic E-state index is 0.121. The molecule has 0 radical (unpaired) electrons. The molecule has 1 rings (SSSR count). The molecule has 112 valence electrons. The molecule has 0 saturated carbocycles. The molecule has 0 saturated heterocycles. The Morgan fingerprint density at radius 3 is 2.55 bits per heavy atom. The Labute approximate surface area is 126 Å². The van der Waals surface area contributed by atoms with Gasteiger partial charge in [-0.3, -0.25) is 0 Å². The van der Waals surface area contributed by atoms with Crippen LogP contribution in [0.1, 0.15) is 18.1 Å². The molecule has 0 aromatic heterocycles. The van der Waals surface area contributed by atoms with Crippen molar-refractivity contribution in [3.63, 3.8) is 0 Å². The molecule has 7 heteroatoms. The van der Waals surface area contributed by atoms with E-state index in [0.29, 0.717) is 17.7 Å². The molecule has 0 heterocycles. The van der Waals surface area contributed by atoms with Gasteiger partial charge in [0.1, 0.15) is 4.99 Å². The third-order valence-electron chi connectivity index (χ3n) is 3.11. The van der Waals surface area contributed by atoms with Gasteiger partial charge in [-0.2, -0.15) is 0 Å². The summed E-state index contributed by atoms with van der Waals surface area (Å²) in [5, 5.41) is 0. The topological polar surface area (TPSA) is 75.4 Å². The van der Waals surface area contributed by atoms with E-state index in [9.17, 15) is 8.42 Å². The van der Waals surface area contributed by atoms with Crippen LogP contribution in [0.5, 0.6) is 0 Å². The van der Waals surface area contributed by atoms with Crippen molar-refractivity contribution in [2.24, 2.45) is 5.73 Å². The number of nitrogens with one attached hydrogen (secondary N) is 1. The van der Waals surface area contributed by atoms with Gasteiger partial charge in [0.05, 0.1) is 5.75 Å². The quantitative estimate of drug-likeness (QED) is 0.724. The van der Waals surface area contributed by atoms with Crippen molar-refractivity contribution >= 4 is 27.2 Å². The van der Waals surface area contributed by atoms with E-state index in [4.69, 9.17) is 18.0 Å². The summed E-state index contributed by atoms with van der Waals surface area (Å²) >= 11 is 4.94. The minimum atomic E-state index is -3.41. The number of hydrogen-bond acceptors (Lipinski definition) is 4. The second kappa shape index (κ2) is 7.12. The maximum absolute atomic E-state index is 12.1. The van der Waals surface area contributed by atoms with E-state index in [1.54, 1.807) is 24.3 Å². The van der Waals surface area contributed by atoms with E-state index < -0.39 is 10.0 Å². The van der Waals surface area contributed by atoms with E-state index in [2.05, 4.69) is 4.72 Å². The number of benzene rings is 1. The highest BCUT2D eigenvalue weighted by molar-refractivity contribution is 7.88. The van der Waals surface area contributed by atoms with E-state index in [1.807, 2.05) is 25.9 Å². The number of nitrogens with zero attached hydrogens (tertiary/aromatic N) is 1. The van der Waals surface area contributed by atoms with Gasteiger partial charge >= 0.3 is 0 Å². The van der Waals surface area contributed by atoms with Gasteiger partial charge in [-0.15, -0.1) is 0 Å². The lowest BCUT2D eigenvalue weighted by Crippen LogP contribution is -2.38. The second-order valence-corrected chi connectivity index (χ2v) is 7.19. The molecule has 0 amide bonds. The van der Waals surface area contributed by atoms with Crippen LogP contribution in [0.2, 0.25) is 0 Å². The summed E-state index contributed by atoms with van der Waals surface area (Å²) in [5.41, 5.74) is 6.83. The number of nitrogens with two attached hydrogens (primary N) is 1. The molecule has 1 aromatic rings. The SMILES string of the molecule is CC(CNS(=O)(=O)Cc1ccccc1C(N)=S)N(C)C. The van der Waals surface area contributed by atoms with E-state index >= 15 is 0 Å². The Bertz CT molecular complexity index is 571. The van der Waals surface area contributed by atoms with Crippen molar-refractivity contribution in [2.45, 2.75) is 18.7 Å². The first-order chi connectivity index (χ1) is 9.23. The third-order valence-corrected chi connectivity index (χ3v) is 4.63. The van der Waals surface area contributed by atoms with Crippen LogP contribution in [0.3, 0.4) is 0 Å². The zero-order valence-electron chi connectivity index (χ0n) is 12.0. The fourth-order valence-corrected chi connectivity index (χ4v) is 3.03. The van der Waals surface area contributed by atoms with Crippen molar-refractivity contribution in [2.75, 3.05) is 20.6 Å². The molecule has 0 spiro atoms. The number of rotatable bonds is 7. The maximum atomic E-state index is 12.1. The first kappa shape index (κ1) is 17.0. The van der Waals surface area contributed by atoms with Gasteiger partial charge in [-0.25, -0.2) is 13.1 Å². The highest BCUT2D eigenvalue weighted by atomic mass is 32.2. The molecular weight excluding hydrogens is 294 g/mol. The van der Waals surface area contributed by atoms with Crippen LogP contribution >= 0.6 is 12.2 Å². The van der Waals surface area contributed by atoms with Crippen LogP contribution in [0, 0.1) is 0 Å². The van der Waals surface area contributed by atoms with Gasteiger partial charge < -0.3 is 10.6 Å². The molecule has 0 aliphatic heterocycles. The van der Waals surface area contributed by atoms with Gasteiger partial charge in [0.2, 0.25) is 10.0 Å². The third kappa shape index (κ3) is 5.16. The van der Waals surface area contributed by atoms with E-state index in [0.717, 1.165) is 0 Å². The summed E-state index contributed by atoms with van der Waals surface area (Å²) in [5.74, 6) is -0.124. The first-order valence-electron chi connectivity index (χ1n) is 6.24. The lowest BCUT2D eigenvalue weighted by Gasteiger charge is -2.20. The van der Waals surface area contributed by atoms with Crippen molar-refractivity contribution in [1.82, 2.24) is 9.62 Å². The monoisotopic (exact) mass is 315 g/mol. The van der Waals surface area contributed by atoms with Gasteiger partial charge in [-0.1, -0.05) is 36.5 Å². The molecule has 0 bridgehead atoms. The summed E-state index contributed by atoms with van der Waals surface area (Å²) < 4.78 is 26.8. The number of likely N-dealkylation sites (N-methyl/N-ethyl adjacent to an activating group) is 1. The zero-order valence-corrected chi connectivity index (χ0v) is 13.6. The average Bonchev–Trinajstić information content (AvgIpc) is 2.35. The molecule has 1 atom stereocenters. The fourth-order valence-electron chi connectivity index (χ4n) is 1.57.